The number of carbonyl (C=O) groups excluding carboxylic acids is 3. The van der Waals surface area contributed by atoms with Crippen LogP contribution >= 0.6 is 0 Å². The van der Waals surface area contributed by atoms with Gasteiger partial charge in [-0.3, -0.25) is 14.4 Å². The van der Waals surface area contributed by atoms with Crippen LogP contribution in [-0.2, 0) is 28.6 Å². The molecule has 0 N–H and O–H groups in total. The molecule has 0 aromatic carbocycles. The predicted octanol–water partition coefficient (Wildman–Crippen LogP) is 21.2. The summed E-state index contributed by atoms with van der Waals surface area (Å²) in [6.07, 6.45) is 73.1. The Hall–Kier alpha value is -2.37. The highest BCUT2D eigenvalue weighted by molar-refractivity contribution is 5.71. The Labute approximate surface area is 442 Å². The molecule has 6 heteroatoms. The summed E-state index contributed by atoms with van der Waals surface area (Å²) in [4.78, 5) is 38.1. The molecule has 0 aliphatic heterocycles. The lowest BCUT2D eigenvalue weighted by molar-refractivity contribution is -0.167. The Bertz CT molecular complexity index is 1190. The average molecular weight is 998 g/mol. The third-order valence-corrected chi connectivity index (χ3v) is 14.1. The Balaban J connectivity index is 4.04. The van der Waals surface area contributed by atoms with Gasteiger partial charge in [0.1, 0.15) is 13.2 Å². The standard InChI is InChI=1S/C65H120O6/c1-4-7-10-13-16-19-22-23-24-25-26-27-28-29-30-31-32-33-34-35-36-37-38-39-40-41-44-46-49-52-55-58-64(67)70-61-62(71-65(68)59-56-53-50-47-43-21-18-15-12-9-6-3)60-69-63(66)57-54-51-48-45-42-20-17-14-11-8-5-2/h22-23,25-26,28-29,62H,4-21,24,27,30-61H2,1-3H3/b23-22-,26-25-,29-28-. The van der Waals surface area contributed by atoms with E-state index in [9.17, 15) is 14.4 Å². The largest absolute Gasteiger partial charge is 0.462 e. The van der Waals surface area contributed by atoms with Crippen molar-refractivity contribution in [2.24, 2.45) is 0 Å². The average Bonchev–Trinajstić information content (AvgIpc) is 3.37. The molecule has 0 aliphatic carbocycles. The molecule has 0 bridgehead atoms. The van der Waals surface area contributed by atoms with E-state index in [4.69, 9.17) is 14.2 Å². The molecular weight excluding hydrogens is 877 g/mol. The lowest BCUT2D eigenvalue weighted by Gasteiger charge is -2.18. The van der Waals surface area contributed by atoms with Crippen LogP contribution in [-0.4, -0.2) is 37.2 Å². The van der Waals surface area contributed by atoms with Crippen LogP contribution in [0.1, 0.15) is 342 Å². The van der Waals surface area contributed by atoms with E-state index in [0.29, 0.717) is 19.3 Å². The number of unbranched alkanes of at least 4 members (excludes halogenated alkanes) is 41. The maximum Gasteiger partial charge on any atom is 0.306 e. The van der Waals surface area contributed by atoms with E-state index in [1.807, 2.05) is 0 Å². The first kappa shape index (κ1) is 68.6. The molecule has 0 saturated carbocycles. The third kappa shape index (κ3) is 58.4. The summed E-state index contributed by atoms with van der Waals surface area (Å²) in [6, 6.07) is 0. The van der Waals surface area contributed by atoms with Crippen molar-refractivity contribution in [3.8, 4) is 0 Å². The summed E-state index contributed by atoms with van der Waals surface area (Å²) in [5.74, 6) is -0.848. The molecular formula is C65H120O6. The van der Waals surface area contributed by atoms with Gasteiger partial charge in [-0.1, -0.05) is 301 Å². The molecule has 416 valence electrons. The molecule has 0 radical (unpaired) electrons. The fraction of sp³-hybridized carbons (Fsp3) is 0.862. The monoisotopic (exact) mass is 997 g/mol. The smallest absolute Gasteiger partial charge is 0.306 e. The van der Waals surface area contributed by atoms with Crippen molar-refractivity contribution in [2.75, 3.05) is 13.2 Å². The molecule has 0 aromatic heterocycles. The van der Waals surface area contributed by atoms with Crippen LogP contribution in [0.2, 0.25) is 0 Å². The first-order valence-corrected chi connectivity index (χ1v) is 31.5. The summed E-state index contributed by atoms with van der Waals surface area (Å²) in [5, 5.41) is 0. The normalized spacial score (nSPS) is 12.2. The first-order chi connectivity index (χ1) is 35.0. The molecule has 0 aromatic rings. The highest BCUT2D eigenvalue weighted by Crippen LogP contribution is 2.17. The summed E-state index contributed by atoms with van der Waals surface area (Å²) in [7, 11) is 0. The van der Waals surface area contributed by atoms with Crippen LogP contribution in [0.5, 0.6) is 0 Å². The number of rotatable bonds is 58. The van der Waals surface area contributed by atoms with Crippen molar-refractivity contribution in [3.05, 3.63) is 36.5 Å². The van der Waals surface area contributed by atoms with Gasteiger partial charge in [0.15, 0.2) is 6.10 Å². The summed E-state index contributed by atoms with van der Waals surface area (Å²) in [5.41, 5.74) is 0. The molecule has 6 nitrogen and oxygen atoms in total. The van der Waals surface area contributed by atoms with Gasteiger partial charge in [-0.25, -0.2) is 0 Å². The van der Waals surface area contributed by atoms with E-state index in [-0.39, 0.29) is 31.1 Å². The van der Waals surface area contributed by atoms with E-state index >= 15 is 0 Å². The highest BCUT2D eigenvalue weighted by atomic mass is 16.6. The highest BCUT2D eigenvalue weighted by Gasteiger charge is 2.19. The van der Waals surface area contributed by atoms with E-state index in [1.165, 1.54) is 231 Å². The van der Waals surface area contributed by atoms with Crippen molar-refractivity contribution in [2.45, 2.75) is 348 Å². The number of allylic oxidation sites excluding steroid dienone is 6. The van der Waals surface area contributed by atoms with E-state index in [0.717, 1.165) is 70.6 Å². The Morgan fingerprint density at radius 2 is 0.507 bits per heavy atom. The minimum atomic E-state index is -0.765. The number of hydrogen-bond acceptors (Lipinski definition) is 6. The molecule has 0 aliphatic rings. The molecule has 0 rings (SSSR count). The summed E-state index contributed by atoms with van der Waals surface area (Å²) in [6.45, 7) is 6.66. The van der Waals surface area contributed by atoms with Crippen molar-refractivity contribution >= 4 is 17.9 Å². The summed E-state index contributed by atoms with van der Waals surface area (Å²) >= 11 is 0. The van der Waals surface area contributed by atoms with Crippen LogP contribution in [0.15, 0.2) is 36.5 Å². The maximum absolute atomic E-state index is 12.8. The van der Waals surface area contributed by atoms with E-state index in [1.54, 1.807) is 0 Å². The van der Waals surface area contributed by atoms with Crippen LogP contribution in [0.3, 0.4) is 0 Å². The lowest BCUT2D eigenvalue weighted by atomic mass is 10.0. The first-order valence-electron chi connectivity index (χ1n) is 31.5. The molecule has 0 fully saturated rings. The molecule has 0 heterocycles. The van der Waals surface area contributed by atoms with Gasteiger partial charge >= 0.3 is 17.9 Å². The zero-order chi connectivity index (χ0) is 51.4. The molecule has 1 atom stereocenters. The van der Waals surface area contributed by atoms with Gasteiger partial charge in [0.2, 0.25) is 0 Å². The van der Waals surface area contributed by atoms with Gasteiger partial charge in [0.05, 0.1) is 0 Å². The third-order valence-electron chi connectivity index (χ3n) is 14.1. The van der Waals surface area contributed by atoms with Crippen LogP contribution in [0.25, 0.3) is 0 Å². The predicted molar refractivity (Wildman–Crippen MR) is 307 cm³/mol. The van der Waals surface area contributed by atoms with Gasteiger partial charge in [0, 0.05) is 19.3 Å². The van der Waals surface area contributed by atoms with Crippen molar-refractivity contribution in [1.29, 1.82) is 0 Å². The van der Waals surface area contributed by atoms with Crippen molar-refractivity contribution in [1.82, 2.24) is 0 Å². The Morgan fingerprint density at radius 1 is 0.282 bits per heavy atom. The second kappa shape index (κ2) is 60.2. The van der Waals surface area contributed by atoms with Gasteiger partial charge in [-0.2, -0.15) is 0 Å². The SMILES string of the molecule is CCCCCCC/C=C\C/C=C\C/C=C\CCCCCCCCCCCCCCCCCCC(=O)OCC(COC(=O)CCCCCCCCCCCCC)OC(=O)CCCCCCCCCCCCC. The number of carbonyl (C=O) groups is 3. The topological polar surface area (TPSA) is 78.9 Å². The number of esters is 3. The van der Waals surface area contributed by atoms with E-state index in [2.05, 4.69) is 57.2 Å². The molecule has 0 saturated heterocycles. The number of ether oxygens (including phenoxy) is 3. The van der Waals surface area contributed by atoms with E-state index < -0.39 is 6.10 Å². The van der Waals surface area contributed by atoms with Crippen molar-refractivity contribution < 1.29 is 28.6 Å². The fourth-order valence-corrected chi connectivity index (χ4v) is 9.39. The Kier molecular flexibility index (Phi) is 58.2. The summed E-state index contributed by atoms with van der Waals surface area (Å²) < 4.78 is 16.9. The molecule has 0 spiro atoms. The van der Waals surface area contributed by atoms with Gasteiger partial charge in [-0.15, -0.1) is 0 Å². The van der Waals surface area contributed by atoms with Gasteiger partial charge in [0.25, 0.3) is 0 Å². The molecule has 1 unspecified atom stereocenters. The van der Waals surface area contributed by atoms with Gasteiger partial charge in [-0.05, 0) is 57.8 Å². The Morgan fingerprint density at radius 3 is 0.789 bits per heavy atom. The molecule has 0 amide bonds. The maximum atomic E-state index is 12.8. The van der Waals surface area contributed by atoms with Crippen molar-refractivity contribution in [3.63, 3.8) is 0 Å². The van der Waals surface area contributed by atoms with Crippen LogP contribution in [0, 0.1) is 0 Å². The van der Waals surface area contributed by atoms with Crippen LogP contribution in [0.4, 0.5) is 0 Å². The number of hydrogen-bond donors (Lipinski definition) is 0. The molecule has 71 heavy (non-hydrogen) atoms. The zero-order valence-corrected chi connectivity index (χ0v) is 47.8. The minimum absolute atomic E-state index is 0.0658. The van der Waals surface area contributed by atoms with Crippen LogP contribution < -0.4 is 0 Å². The second-order valence-electron chi connectivity index (χ2n) is 21.3. The quantitative estimate of drug-likeness (QED) is 0.0261. The second-order valence-corrected chi connectivity index (χ2v) is 21.3. The minimum Gasteiger partial charge on any atom is -0.462 e. The van der Waals surface area contributed by atoms with Gasteiger partial charge < -0.3 is 14.2 Å². The lowest BCUT2D eigenvalue weighted by Crippen LogP contribution is -2.30. The fourth-order valence-electron chi connectivity index (χ4n) is 9.39. The zero-order valence-electron chi connectivity index (χ0n) is 47.8.